The summed E-state index contributed by atoms with van der Waals surface area (Å²) >= 11 is 0. The van der Waals surface area contributed by atoms with Gasteiger partial charge in [0.1, 0.15) is 0 Å². The Balaban J connectivity index is 2.51. The molecule has 90 valence electrons. The van der Waals surface area contributed by atoms with Crippen molar-refractivity contribution in [2.75, 3.05) is 11.9 Å². The summed E-state index contributed by atoms with van der Waals surface area (Å²) in [6.07, 6.45) is 0.686. The van der Waals surface area contributed by atoms with Crippen LogP contribution in [-0.2, 0) is 7.05 Å². The van der Waals surface area contributed by atoms with Crippen LogP contribution in [0.15, 0.2) is 6.07 Å². The van der Waals surface area contributed by atoms with Gasteiger partial charge in [0.25, 0.3) is 0 Å². The van der Waals surface area contributed by atoms with Crippen molar-refractivity contribution in [2.45, 2.75) is 26.3 Å². The first-order chi connectivity index (χ1) is 7.56. The molecule has 0 spiro atoms. The molecule has 1 heterocycles. The number of anilines is 1. The van der Waals surface area contributed by atoms with Crippen LogP contribution in [0.4, 0.5) is 10.6 Å². The summed E-state index contributed by atoms with van der Waals surface area (Å²) in [5.41, 5.74) is 0.962. The monoisotopic (exact) mass is 226 g/mol. The second-order valence-corrected chi connectivity index (χ2v) is 3.68. The van der Waals surface area contributed by atoms with Crippen molar-refractivity contribution in [1.29, 1.82) is 0 Å². The first-order valence-electron chi connectivity index (χ1n) is 5.25. The predicted octanol–water partition coefficient (Wildman–Crippen LogP) is 0.621. The molecular formula is C10H18N4O2. The Labute approximate surface area is 94.6 Å². The minimum absolute atomic E-state index is 0.0643. The fourth-order valence-electron chi connectivity index (χ4n) is 1.24. The first-order valence-corrected chi connectivity index (χ1v) is 5.25. The van der Waals surface area contributed by atoms with E-state index >= 15 is 0 Å². The highest BCUT2D eigenvalue weighted by Crippen LogP contribution is 2.06. The van der Waals surface area contributed by atoms with Gasteiger partial charge in [-0.25, -0.2) is 4.79 Å². The van der Waals surface area contributed by atoms with E-state index < -0.39 is 0 Å². The number of carbonyl (C=O) groups is 1. The number of aromatic nitrogens is 2. The second kappa shape index (κ2) is 5.50. The van der Waals surface area contributed by atoms with E-state index in [9.17, 15) is 4.79 Å². The molecule has 0 radical (unpaired) electrons. The average Bonchev–Trinajstić information content (AvgIpc) is 2.54. The molecule has 1 aromatic rings. The molecule has 0 aromatic carbocycles. The van der Waals surface area contributed by atoms with Gasteiger partial charge in [-0.1, -0.05) is 6.92 Å². The first kappa shape index (κ1) is 12.5. The maximum atomic E-state index is 11.5. The number of nitrogens with one attached hydrogen (secondary N) is 2. The lowest BCUT2D eigenvalue weighted by Crippen LogP contribution is -2.39. The van der Waals surface area contributed by atoms with E-state index in [0.29, 0.717) is 12.2 Å². The molecule has 0 aliphatic carbocycles. The van der Waals surface area contributed by atoms with Gasteiger partial charge < -0.3 is 10.4 Å². The standard InChI is InChI=1S/C10H18N4O2/c1-4-8(6-15)11-10(16)12-9-5-7(2)14(3)13-9/h5,8,15H,4,6H2,1-3H3,(H2,11,12,13,16). The van der Waals surface area contributed by atoms with Gasteiger partial charge in [0.05, 0.1) is 12.6 Å². The van der Waals surface area contributed by atoms with E-state index in [-0.39, 0.29) is 18.7 Å². The third-order valence-electron chi connectivity index (χ3n) is 2.40. The normalized spacial score (nSPS) is 12.2. The summed E-state index contributed by atoms with van der Waals surface area (Å²) in [5, 5.41) is 18.3. The maximum Gasteiger partial charge on any atom is 0.320 e. The van der Waals surface area contributed by atoms with Crippen molar-refractivity contribution >= 4 is 11.8 Å². The van der Waals surface area contributed by atoms with E-state index in [1.54, 1.807) is 17.8 Å². The van der Waals surface area contributed by atoms with E-state index in [0.717, 1.165) is 5.69 Å². The van der Waals surface area contributed by atoms with Crippen molar-refractivity contribution < 1.29 is 9.90 Å². The number of hydrogen-bond acceptors (Lipinski definition) is 3. The average molecular weight is 226 g/mol. The van der Waals surface area contributed by atoms with Crippen LogP contribution in [0.3, 0.4) is 0 Å². The highest BCUT2D eigenvalue weighted by Gasteiger charge is 2.10. The van der Waals surface area contributed by atoms with Crippen LogP contribution in [-0.4, -0.2) is 33.6 Å². The lowest BCUT2D eigenvalue weighted by atomic mass is 10.2. The van der Waals surface area contributed by atoms with Gasteiger partial charge in [0, 0.05) is 18.8 Å². The lowest BCUT2D eigenvalue weighted by Gasteiger charge is -2.13. The third-order valence-corrected chi connectivity index (χ3v) is 2.40. The maximum absolute atomic E-state index is 11.5. The molecular weight excluding hydrogens is 208 g/mol. The van der Waals surface area contributed by atoms with Gasteiger partial charge in [-0.3, -0.25) is 10.00 Å². The van der Waals surface area contributed by atoms with Crippen molar-refractivity contribution in [3.63, 3.8) is 0 Å². The molecule has 1 aromatic heterocycles. The molecule has 0 saturated carbocycles. The van der Waals surface area contributed by atoms with E-state index in [4.69, 9.17) is 5.11 Å². The summed E-state index contributed by atoms with van der Waals surface area (Å²) < 4.78 is 1.68. The molecule has 0 aliphatic heterocycles. The van der Waals surface area contributed by atoms with Gasteiger partial charge in [-0.15, -0.1) is 0 Å². The smallest absolute Gasteiger partial charge is 0.320 e. The molecule has 6 nitrogen and oxygen atoms in total. The second-order valence-electron chi connectivity index (χ2n) is 3.68. The SMILES string of the molecule is CCC(CO)NC(=O)Nc1cc(C)n(C)n1. The Morgan fingerprint density at radius 3 is 2.81 bits per heavy atom. The van der Waals surface area contributed by atoms with Gasteiger partial charge in [0.15, 0.2) is 5.82 Å². The number of aryl methyl sites for hydroxylation is 2. The van der Waals surface area contributed by atoms with Crippen molar-refractivity contribution in [3.05, 3.63) is 11.8 Å². The molecule has 2 amide bonds. The number of carbonyl (C=O) groups excluding carboxylic acids is 1. The van der Waals surface area contributed by atoms with E-state index in [2.05, 4.69) is 15.7 Å². The van der Waals surface area contributed by atoms with Gasteiger partial charge in [0.2, 0.25) is 0 Å². The predicted molar refractivity (Wildman–Crippen MR) is 61.3 cm³/mol. The van der Waals surface area contributed by atoms with Crippen LogP contribution in [0.25, 0.3) is 0 Å². The Kier molecular flexibility index (Phi) is 4.30. The number of aliphatic hydroxyl groups excluding tert-OH is 1. The molecule has 6 heteroatoms. The summed E-state index contributed by atoms with van der Waals surface area (Å²) in [6, 6.07) is 1.21. The zero-order valence-electron chi connectivity index (χ0n) is 9.82. The minimum atomic E-state index is -0.348. The molecule has 0 saturated heterocycles. The summed E-state index contributed by atoms with van der Waals surface area (Å²) in [7, 11) is 1.81. The van der Waals surface area contributed by atoms with Crippen LogP contribution in [0.5, 0.6) is 0 Å². The number of urea groups is 1. The molecule has 3 N–H and O–H groups in total. The van der Waals surface area contributed by atoms with Gasteiger partial charge in [-0.05, 0) is 13.3 Å². The number of aliphatic hydroxyl groups is 1. The minimum Gasteiger partial charge on any atom is -0.394 e. The number of rotatable bonds is 4. The fourth-order valence-corrected chi connectivity index (χ4v) is 1.24. The Morgan fingerprint density at radius 1 is 1.69 bits per heavy atom. The van der Waals surface area contributed by atoms with Crippen molar-refractivity contribution in [2.24, 2.45) is 7.05 Å². The van der Waals surface area contributed by atoms with Crippen molar-refractivity contribution in [3.8, 4) is 0 Å². The Morgan fingerprint density at radius 2 is 2.38 bits per heavy atom. The largest absolute Gasteiger partial charge is 0.394 e. The number of hydrogen-bond donors (Lipinski definition) is 3. The molecule has 0 bridgehead atoms. The zero-order valence-corrected chi connectivity index (χ0v) is 9.82. The van der Waals surface area contributed by atoms with Crippen LogP contribution in [0.1, 0.15) is 19.0 Å². The Hall–Kier alpha value is -1.56. The molecule has 1 unspecified atom stereocenters. The highest BCUT2D eigenvalue weighted by molar-refractivity contribution is 5.88. The van der Waals surface area contributed by atoms with E-state index in [1.807, 2.05) is 13.8 Å². The lowest BCUT2D eigenvalue weighted by molar-refractivity contribution is 0.222. The van der Waals surface area contributed by atoms with E-state index in [1.165, 1.54) is 0 Å². The molecule has 1 atom stereocenters. The zero-order chi connectivity index (χ0) is 12.1. The van der Waals surface area contributed by atoms with Crippen LogP contribution in [0.2, 0.25) is 0 Å². The van der Waals surface area contributed by atoms with Gasteiger partial charge in [-0.2, -0.15) is 5.10 Å². The molecule has 16 heavy (non-hydrogen) atoms. The highest BCUT2D eigenvalue weighted by atomic mass is 16.3. The summed E-state index contributed by atoms with van der Waals surface area (Å²) in [4.78, 5) is 11.5. The number of nitrogens with zero attached hydrogens (tertiary/aromatic N) is 2. The quantitative estimate of drug-likeness (QED) is 0.704. The topological polar surface area (TPSA) is 79.2 Å². The van der Waals surface area contributed by atoms with Crippen LogP contribution in [0, 0.1) is 6.92 Å². The van der Waals surface area contributed by atoms with Crippen LogP contribution < -0.4 is 10.6 Å². The summed E-state index contributed by atoms with van der Waals surface area (Å²) in [6.45, 7) is 3.73. The number of amides is 2. The molecule has 0 fully saturated rings. The fraction of sp³-hybridized carbons (Fsp3) is 0.600. The Bertz CT molecular complexity index is 338. The van der Waals surface area contributed by atoms with Crippen LogP contribution >= 0.6 is 0 Å². The molecule has 1 rings (SSSR count). The van der Waals surface area contributed by atoms with Gasteiger partial charge >= 0.3 is 6.03 Å². The summed E-state index contributed by atoms with van der Waals surface area (Å²) in [5.74, 6) is 0.505. The van der Waals surface area contributed by atoms with Crippen molar-refractivity contribution in [1.82, 2.24) is 15.1 Å². The third kappa shape index (κ3) is 3.23. The molecule has 0 aliphatic rings.